The van der Waals surface area contributed by atoms with E-state index < -0.39 is 5.60 Å². The highest BCUT2D eigenvalue weighted by molar-refractivity contribution is 5.22. The van der Waals surface area contributed by atoms with Crippen molar-refractivity contribution in [2.24, 2.45) is 0 Å². The van der Waals surface area contributed by atoms with Crippen molar-refractivity contribution in [2.75, 3.05) is 13.1 Å². The lowest BCUT2D eigenvalue weighted by Crippen LogP contribution is -2.39. The van der Waals surface area contributed by atoms with Crippen molar-refractivity contribution in [1.29, 1.82) is 0 Å². The number of rotatable bonds is 7. The van der Waals surface area contributed by atoms with Gasteiger partial charge in [-0.25, -0.2) is 0 Å². The first-order valence-corrected chi connectivity index (χ1v) is 6.60. The lowest BCUT2D eigenvalue weighted by atomic mass is 10.1. The first kappa shape index (κ1) is 14.9. The molecular formula is C16H25NO. The van der Waals surface area contributed by atoms with Gasteiger partial charge in [0.1, 0.15) is 0 Å². The molecule has 0 amide bonds. The fourth-order valence-electron chi connectivity index (χ4n) is 2.12. The van der Waals surface area contributed by atoms with Crippen LogP contribution in [-0.4, -0.2) is 28.7 Å². The predicted molar refractivity (Wildman–Crippen MR) is 77.6 cm³/mol. The zero-order chi connectivity index (χ0) is 13.6. The third kappa shape index (κ3) is 5.03. The van der Waals surface area contributed by atoms with Gasteiger partial charge in [-0.1, -0.05) is 42.8 Å². The van der Waals surface area contributed by atoms with Crippen LogP contribution >= 0.6 is 0 Å². The maximum Gasteiger partial charge on any atom is 0.0923 e. The molecule has 0 bridgehead atoms. The second-order valence-electron chi connectivity index (χ2n) is 5.26. The summed E-state index contributed by atoms with van der Waals surface area (Å²) in [6.45, 7) is 12.2. The first-order valence-electron chi connectivity index (χ1n) is 6.60. The number of benzene rings is 1. The molecule has 100 valence electrons. The minimum absolute atomic E-state index is 0.623. The molecule has 1 unspecified atom stereocenters. The van der Waals surface area contributed by atoms with Crippen molar-refractivity contribution in [3.8, 4) is 0 Å². The fourth-order valence-corrected chi connectivity index (χ4v) is 2.12. The van der Waals surface area contributed by atoms with E-state index in [2.05, 4.69) is 49.6 Å². The van der Waals surface area contributed by atoms with Crippen molar-refractivity contribution in [2.45, 2.75) is 39.3 Å². The Kier molecular flexibility index (Phi) is 5.57. The molecule has 0 aliphatic carbocycles. The fraction of sp³-hybridized carbons (Fsp3) is 0.500. The highest BCUT2D eigenvalue weighted by atomic mass is 16.3. The third-order valence-electron chi connectivity index (χ3n) is 3.01. The molecule has 1 N–H and O–H groups in total. The summed E-state index contributed by atoms with van der Waals surface area (Å²) < 4.78 is 0. The lowest BCUT2D eigenvalue weighted by Gasteiger charge is -2.29. The summed E-state index contributed by atoms with van der Waals surface area (Å²) in [6.07, 6.45) is 2.70. The van der Waals surface area contributed by atoms with Crippen molar-refractivity contribution < 1.29 is 5.11 Å². The van der Waals surface area contributed by atoms with E-state index in [0.29, 0.717) is 6.54 Å². The highest BCUT2D eigenvalue weighted by Crippen LogP contribution is 2.13. The average Bonchev–Trinajstić information content (AvgIpc) is 2.29. The van der Waals surface area contributed by atoms with Gasteiger partial charge in [0.05, 0.1) is 5.60 Å². The van der Waals surface area contributed by atoms with Gasteiger partial charge in [-0.3, -0.25) is 4.90 Å². The minimum Gasteiger partial charge on any atom is -0.385 e. The van der Waals surface area contributed by atoms with Crippen LogP contribution in [-0.2, 0) is 6.54 Å². The van der Waals surface area contributed by atoms with E-state index in [1.807, 2.05) is 0 Å². The molecule has 0 fully saturated rings. The Morgan fingerprint density at radius 2 is 2.17 bits per heavy atom. The van der Waals surface area contributed by atoms with Gasteiger partial charge in [0.25, 0.3) is 0 Å². The maximum atomic E-state index is 10.1. The molecule has 0 saturated heterocycles. The summed E-state index contributed by atoms with van der Waals surface area (Å²) in [6, 6.07) is 8.53. The SMILES string of the molecule is C=CC(C)(O)CN(CCC)Cc1cccc(C)c1. The van der Waals surface area contributed by atoms with Gasteiger partial charge in [0, 0.05) is 13.1 Å². The number of aryl methyl sites for hydroxylation is 1. The Balaban J connectivity index is 2.71. The summed E-state index contributed by atoms with van der Waals surface area (Å²) in [5.41, 5.74) is 1.75. The van der Waals surface area contributed by atoms with Crippen LogP contribution in [0.3, 0.4) is 0 Å². The molecule has 1 rings (SSSR count). The molecule has 0 aliphatic heterocycles. The molecule has 0 aromatic heterocycles. The Bertz CT molecular complexity index is 384. The van der Waals surface area contributed by atoms with Crippen LogP contribution < -0.4 is 0 Å². The van der Waals surface area contributed by atoms with Gasteiger partial charge < -0.3 is 5.11 Å². The largest absolute Gasteiger partial charge is 0.385 e. The van der Waals surface area contributed by atoms with Gasteiger partial charge >= 0.3 is 0 Å². The molecule has 1 aromatic carbocycles. The molecule has 0 radical (unpaired) electrons. The quantitative estimate of drug-likeness (QED) is 0.748. The molecule has 0 spiro atoms. The van der Waals surface area contributed by atoms with E-state index >= 15 is 0 Å². The second-order valence-corrected chi connectivity index (χ2v) is 5.26. The molecule has 2 nitrogen and oxygen atoms in total. The normalized spacial score (nSPS) is 14.5. The van der Waals surface area contributed by atoms with E-state index in [1.54, 1.807) is 13.0 Å². The van der Waals surface area contributed by atoms with Crippen LogP contribution in [0.5, 0.6) is 0 Å². The smallest absolute Gasteiger partial charge is 0.0923 e. The summed E-state index contributed by atoms with van der Waals surface area (Å²) in [5, 5.41) is 10.1. The van der Waals surface area contributed by atoms with Crippen molar-refractivity contribution in [3.63, 3.8) is 0 Å². The van der Waals surface area contributed by atoms with Gasteiger partial charge in [0.15, 0.2) is 0 Å². The van der Waals surface area contributed by atoms with Gasteiger partial charge in [-0.2, -0.15) is 0 Å². The van der Waals surface area contributed by atoms with E-state index in [0.717, 1.165) is 19.5 Å². The third-order valence-corrected chi connectivity index (χ3v) is 3.01. The van der Waals surface area contributed by atoms with Crippen molar-refractivity contribution in [3.05, 3.63) is 48.0 Å². The van der Waals surface area contributed by atoms with Crippen LogP contribution in [0.2, 0.25) is 0 Å². The van der Waals surface area contributed by atoms with E-state index in [9.17, 15) is 5.11 Å². The van der Waals surface area contributed by atoms with Crippen LogP contribution in [0.25, 0.3) is 0 Å². The zero-order valence-corrected chi connectivity index (χ0v) is 11.8. The van der Waals surface area contributed by atoms with Crippen LogP contribution in [0.1, 0.15) is 31.4 Å². The Morgan fingerprint density at radius 1 is 1.44 bits per heavy atom. The number of aliphatic hydroxyl groups is 1. The molecule has 2 heteroatoms. The Morgan fingerprint density at radius 3 is 2.72 bits per heavy atom. The van der Waals surface area contributed by atoms with Crippen molar-refractivity contribution >= 4 is 0 Å². The standard InChI is InChI=1S/C16H25NO/c1-5-10-17(13-16(4,18)6-2)12-15-9-7-8-14(3)11-15/h6-9,11,18H,2,5,10,12-13H2,1,3-4H3. The summed E-state index contributed by atoms with van der Waals surface area (Å²) in [7, 11) is 0. The van der Waals surface area contributed by atoms with Crippen LogP contribution in [0.4, 0.5) is 0 Å². The molecular weight excluding hydrogens is 222 g/mol. The van der Waals surface area contributed by atoms with Gasteiger partial charge in [-0.05, 0) is 32.4 Å². The highest BCUT2D eigenvalue weighted by Gasteiger charge is 2.19. The zero-order valence-electron chi connectivity index (χ0n) is 11.8. The van der Waals surface area contributed by atoms with E-state index in [4.69, 9.17) is 0 Å². The molecule has 18 heavy (non-hydrogen) atoms. The molecule has 0 aliphatic rings. The maximum absolute atomic E-state index is 10.1. The number of hydrogen-bond donors (Lipinski definition) is 1. The van der Waals surface area contributed by atoms with Crippen molar-refractivity contribution in [1.82, 2.24) is 4.90 Å². The lowest BCUT2D eigenvalue weighted by molar-refractivity contribution is 0.0588. The molecule has 0 heterocycles. The van der Waals surface area contributed by atoms with E-state index in [-0.39, 0.29) is 0 Å². The Labute approximate surface area is 111 Å². The molecule has 1 atom stereocenters. The second kappa shape index (κ2) is 6.72. The number of nitrogens with zero attached hydrogens (tertiary/aromatic N) is 1. The summed E-state index contributed by atoms with van der Waals surface area (Å²) in [4.78, 5) is 2.27. The first-order chi connectivity index (χ1) is 8.46. The minimum atomic E-state index is -0.820. The van der Waals surface area contributed by atoms with Crippen LogP contribution in [0.15, 0.2) is 36.9 Å². The number of hydrogen-bond acceptors (Lipinski definition) is 2. The summed E-state index contributed by atoms with van der Waals surface area (Å²) >= 11 is 0. The molecule has 1 aromatic rings. The van der Waals surface area contributed by atoms with Crippen LogP contribution in [0, 0.1) is 6.92 Å². The summed E-state index contributed by atoms with van der Waals surface area (Å²) in [5.74, 6) is 0. The topological polar surface area (TPSA) is 23.5 Å². The van der Waals surface area contributed by atoms with Gasteiger partial charge in [0.2, 0.25) is 0 Å². The Hall–Kier alpha value is -1.12. The predicted octanol–water partition coefficient (Wildman–Crippen LogP) is 3.14. The van der Waals surface area contributed by atoms with E-state index in [1.165, 1.54) is 11.1 Å². The monoisotopic (exact) mass is 247 g/mol. The average molecular weight is 247 g/mol. The van der Waals surface area contributed by atoms with Gasteiger partial charge in [-0.15, -0.1) is 6.58 Å². The molecule has 0 saturated carbocycles.